The molecule has 8 nitrogen and oxygen atoms in total. The van der Waals surface area contributed by atoms with Crippen molar-refractivity contribution in [3.05, 3.63) is 28.3 Å². The van der Waals surface area contributed by atoms with Gasteiger partial charge in [-0.3, -0.25) is 19.7 Å². The van der Waals surface area contributed by atoms with Crippen LogP contribution in [0.15, 0.2) is 18.2 Å². The van der Waals surface area contributed by atoms with Crippen molar-refractivity contribution < 1.29 is 24.7 Å². The molecule has 1 aromatic carbocycles. The monoisotopic (exact) mass is 240 g/mol. The number of aliphatic carboxylic acids is 1. The Morgan fingerprint density at radius 1 is 1.41 bits per heavy atom. The van der Waals surface area contributed by atoms with Crippen molar-refractivity contribution in [1.82, 2.24) is 0 Å². The third kappa shape index (κ3) is 3.45. The van der Waals surface area contributed by atoms with Gasteiger partial charge in [0.15, 0.2) is 0 Å². The molecule has 0 atom stereocenters. The molecule has 17 heavy (non-hydrogen) atoms. The highest BCUT2D eigenvalue weighted by Crippen LogP contribution is 2.27. The Morgan fingerprint density at radius 2 is 2.06 bits per heavy atom. The average Bonchev–Trinajstić information content (AvgIpc) is 2.19. The largest absolute Gasteiger partial charge is 0.506 e. The van der Waals surface area contributed by atoms with Crippen LogP contribution in [0, 0.1) is 10.1 Å². The lowest BCUT2D eigenvalue weighted by Crippen LogP contribution is -2.15. The van der Waals surface area contributed by atoms with Crippen LogP contribution in [-0.2, 0) is 9.59 Å². The summed E-state index contributed by atoms with van der Waals surface area (Å²) in [5.41, 5.74) is -0.416. The van der Waals surface area contributed by atoms with Gasteiger partial charge in [-0.15, -0.1) is 0 Å². The number of anilines is 1. The number of nitrogens with zero attached hydrogens (tertiary/aromatic N) is 1. The van der Waals surface area contributed by atoms with Crippen LogP contribution in [0.3, 0.4) is 0 Å². The number of phenolic OH excluding ortho intramolecular Hbond substituents is 1. The molecule has 90 valence electrons. The number of hydrogen-bond donors (Lipinski definition) is 3. The van der Waals surface area contributed by atoms with E-state index in [9.17, 15) is 24.8 Å². The maximum absolute atomic E-state index is 11.1. The molecule has 1 aromatic rings. The van der Waals surface area contributed by atoms with Crippen LogP contribution in [0.1, 0.15) is 6.42 Å². The summed E-state index contributed by atoms with van der Waals surface area (Å²) in [7, 11) is 0. The van der Waals surface area contributed by atoms with Crippen LogP contribution in [0.25, 0.3) is 0 Å². The average molecular weight is 240 g/mol. The van der Waals surface area contributed by atoms with E-state index in [0.29, 0.717) is 0 Å². The zero-order valence-corrected chi connectivity index (χ0v) is 8.41. The summed E-state index contributed by atoms with van der Waals surface area (Å²) in [6, 6.07) is 3.06. The van der Waals surface area contributed by atoms with E-state index in [4.69, 9.17) is 5.11 Å². The smallest absolute Gasteiger partial charge is 0.312 e. The molecule has 0 aliphatic heterocycles. The number of carbonyl (C=O) groups excluding carboxylic acids is 1. The number of nitrogens with one attached hydrogen (secondary N) is 1. The van der Waals surface area contributed by atoms with Gasteiger partial charge in [0.05, 0.1) is 16.7 Å². The lowest BCUT2D eigenvalue weighted by atomic mass is 10.2. The number of nitro benzene ring substituents is 1. The Morgan fingerprint density at radius 3 is 2.53 bits per heavy atom. The predicted octanol–water partition coefficient (Wildman–Crippen LogP) is 0.714. The van der Waals surface area contributed by atoms with Crippen molar-refractivity contribution in [1.29, 1.82) is 0 Å². The summed E-state index contributed by atoms with van der Waals surface area (Å²) < 4.78 is 0. The third-order valence-electron chi connectivity index (χ3n) is 1.78. The zero-order chi connectivity index (χ0) is 13.0. The molecule has 1 amide bonds. The number of carboxylic acids is 1. The SMILES string of the molecule is O=C(O)CC(=O)Nc1ccc([N+](=O)[O-])cc1O. The molecule has 1 rings (SSSR count). The molecule has 0 unspecified atom stereocenters. The first-order valence-corrected chi connectivity index (χ1v) is 4.39. The lowest BCUT2D eigenvalue weighted by Gasteiger charge is -2.05. The van der Waals surface area contributed by atoms with E-state index < -0.39 is 29.0 Å². The highest BCUT2D eigenvalue weighted by Gasteiger charge is 2.13. The quantitative estimate of drug-likeness (QED) is 0.307. The van der Waals surface area contributed by atoms with Crippen LogP contribution < -0.4 is 5.32 Å². The number of hydrogen-bond acceptors (Lipinski definition) is 5. The number of amides is 1. The second kappa shape index (κ2) is 4.92. The summed E-state index contributed by atoms with van der Waals surface area (Å²) in [5, 5.41) is 30.2. The number of rotatable bonds is 4. The van der Waals surface area contributed by atoms with Crippen molar-refractivity contribution >= 4 is 23.3 Å². The first-order chi connectivity index (χ1) is 7.90. The lowest BCUT2D eigenvalue weighted by molar-refractivity contribution is -0.384. The minimum atomic E-state index is -1.32. The van der Waals surface area contributed by atoms with Gasteiger partial charge in [-0.25, -0.2) is 0 Å². The van der Waals surface area contributed by atoms with Crippen LogP contribution in [0.5, 0.6) is 5.75 Å². The molecule has 0 fully saturated rings. The van der Waals surface area contributed by atoms with E-state index in [2.05, 4.69) is 5.32 Å². The molecule has 3 N–H and O–H groups in total. The fourth-order valence-electron chi connectivity index (χ4n) is 1.07. The maximum atomic E-state index is 11.1. The van der Waals surface area contributed by atoms with Gasteiger partial charge in [0.1, 0.15) is 12.2 Å². The van der Waals surface area contributed by atoms with E-state index in [1.54, 1.807) is 0 Å². The number of benzene rings is 1. The summed E-state index contributed by atoms with van der Waals surface area (Å²) in [6.07, 6.45) is -0.754. The van der Waals surface area contributed by atoms with Gasteiger partial charge in [-0.2, -0.15) is 0 Å². The number of aromatic hydroxyl groups is 1. The van der Waals surface area contributed by atoms with Gasteiger partial charge in [0.25, 0.3) is 5.69 Å². The van der Waals surface area contributed by atoms with Gasteiger partial charge < -0.3 is 15.5 Å². The highest BCUT2D eigenvalue weighted by atomic mass is 16.6. The molecule has 0 bridgehead atoms. The summed E-state index contributed by atoms with van der Waals surface area (Å²) in [6.45, 7) is 0. The molecular formula is C9H8N2O6. The molecule has 0 saturated carbocycles. The Labute approximate surface area is 94.6 Å². The maximum Gasteiger partial charge on any atom is 0.312 e. The van der Waals surface area contributed by atoms with Gasteiger partial charge >= 0.3 is 5.97 Å². The molecule has 0 spiro atoms. The number of non-ortho nitro benzene ring substituents is 1. The Bertz CT molecular complexity index is 484. The van der Waals surface area contributed by atoms with Crippen molar-refractivity contribution in [2.75, 3.05) is 5.32 Å². The van der Waals surface area contributed by atoms with E-state index in [1.165, 1.54) is 0 Å². The Balaban J connectivity index is 2.83. The van der Waals surface area contributed by atoms with Crippen molar-refractivity contribution in [3.8, 4) is 5.75 Å². The molecule has 0 aliphatic rings. The summed E-state index contributed by atoms with van der Waals surface area (Å²) in [4.78, 5) is 30.9. The van der Waals surface area contributed by atoms with Crippen LogP contribution >= 0.6 is 0 Å². The van der Waals surface area contributed by atoms with E-state index >= 15 is 0 Å². The number of carbonyl (C=O) groups is 2. The predicted molar refractivity (Wildman–Crippen MR) is 55.6 cm³/mol. The molecule has 0 heterocycles. The van der Waals surface area contributed by atoms with Crippen LogP contribution in [0.4, 0.5) is 11.4 Å². The Kier molecular flexibility index (Phi) is 3.60. The van der Waals surface area contributed by atoms with Gasteiger partial charge in [-0.1, -0.05) is 0 Å². The van der Waals surface area contributed by atoms with E-state index in [0.717, 1.165) is 18.2 Å². The molecule has 0 radical (unpaired) electrons. The topological polar surface area (TPSA) is 130 Å². The normalized spacial score (nSPS) is 9.65. The molecule has 0 saturated heterocycles. The number of phenols is 1. The second-order valence-electron chi connectivity index (χ2n) is 3.08. The van der Waals surface area contributed by atoms with Crippen molar-refractivity contribution in [2.24, 2.45) is 0 Å². The summed E-state index contributed by atoms with van der Waals surface area (Å²) >= 11 is 0. The third-order valence-corrected chi connectivity index (χ3v) is 1.78. The fourth-order valence-corrected chi connectivity index (χ4v) is 1.07. The Hall–Kier alpha value is -2.64. The summed E-state index contributed by atoms with van der Waals surface area (Å²) in [5.74, 6) is -2.65. The zero-order valence-electron chi connectivity index (χ0n) is 8.41. The highest BCUT2D eigenvalue weighted by molar-refractivity contribution is 6.02. The van der Waals surface area contributed by atoms with Gasteiger partial charge in [0, 0.05) is 6.07 Å². The number of nitro groups is 1. The van der Waals surface area contributed by atoms with Gasteiger partial charge in [0.2, 0.25) is 5.91 Å². The first-order valence-electron chi connectivity index (χ1n) is 4.39. The van der Waals surface area contributed by atoms with Crippen LogP contribution in [-0.4, -0.2) is 27.0 Å². The van der Waals surface area contributed by atoms with E-state index in [-0.39, 0.29) is 11.4 Å². The first kappa shape index (κ1) is 12.4. The van der Waals surface area contributed by atoms with Gasteiger partial charge in [-0.05, 0) is 6.07 Å². The molecule has 8 heteroatoms. The van der Waals surface area contributed by atoms with Crippen molar-refractivity contribution in [2.45, 2.75) is 6.42 Å². The molecule has 0 aromatic heterocycles. The standard InChI is InChI=1S/C9H8N2O6/c12-7-3-5(11(16)17)1-2-6(7)10-8(13)4-9(14)15/h1-3,12H,4H2,(H,10,13)(H,14,15). The van der Waals surface area contributed by atoms with Crippen molar-refractivity contribution in [3.63, 3.8) is 0 Å². The minimum absolute atomic E-state index is 0.0816. The molecule has 0 aliphatic carbocycles. The van der Waals surface area contributed by atoms with E-state index in [1.807, 2.05) is 0 Å². The van der Waals surface area contributed by atoms with Crippen LogP contribution in [0.2, 0.25) is 0 Å². The second-order valence-corrected chi connectivity index (χ2v) is 3.08. The molecular weight excluding hydrogens is 232 g/mol. The fraction of sp³-hybridized carbons (Fsp3) is 0.111. The number of carboxylic acid groups (broad SMARTS) is 1. The minimum Gasteiger partial charge on any atom is -0.506 e.